The van der Waals surface area contributed by atoms with Gasteiger partial charge in [-0.15, -0.1) is 0 Å². The number of nitrogens with two attached hydrogens (primary N) is 1. The Labute approximate surface area is 108 Å². The van der Waals surface area contributed by atoms with Crippen molar-refractivity contribution in [2.75, 3.05) is 18.9 Å². The maximum absolute atomic E-state index is 11.8. The molecule has 0 radical (unpaired) electrons. The number of benzene rings is 1. The summed E-state index contributed by atoms with van der Waals surface area (Å²) in [6.45, 7) is 1.46. The van der Waals surface area contributed by atoms with Gasteiger partial charge in [-0.3, -0.25) is 4.79 Å². The van der Waals surface area contributed by atoms with Crippen LogP contribution in [0.2, 0.25) is 0 Å². The first kappa shape index (κ1) is 12.9. The fourth-order valence-corrected chi connectivity index (χ4v) is 2.16. The van der Waals surface area contributed by atoms with Gasteiger partial charge in [-0.1, -0.05) is 12.1 Å². The molecule has 1 aromatic carbocycles. The van der Waals surface area contributed by atoms with E-state index in [0.29, 0.717) is 13.0 Å². The Kier molecular flexibility index (Phi) is 4.59. The molecule has 0 saturated carbocycles. The SMILES string of the molecule is Nc1cccc(CCC(=O)NC2CCCOC2)c1. The summed E-state index contributed by atoms with van der Waals surface area (Å²) in [4.78, 5) is 11.8. The van der Waals surface area contributed by atoms with Gasteiger partial charge in [0, 0.05) is 18.7 Å². The molecule has 0 aliphatic carbocycles. The van der Waals surface area contributed by atoms with Crippen molar-refractivity contribution < 1.29 is 9.53 Å². The molecule has 0 bridgehead atoms. The van der Waals surface area contributed by atoms with E-state index in [1.165, 1.54) is 0 Å². The number of amides is 1. The van der Waals surface area contributed by atoms with Crippen LogP contribution in [0.15, 0.2) is 24.3 Å². The molecule has 1 atom stereocenters. The number of hydrogen-bond donors (Lipinski definition) is 2. The van der Waals surface area contributed by atoms with Gasteiger partial charge in [0.2, 0.25) is 5.91 Å². The Morgan fingerprint density at radius 2 is 2.39 bits per heavy atom. The van der Waals surface area contributed by atoms with Gasteiger partial charge in [-0.25, -0.2) is 0 Å². The van der Waals surface area contributed by atoms with Crippen molar-refractivity contribution in [1.82, 2.24) is 5.32 Å². The van der Waals surface area contributed by atoms with Gasteiger partial charge in [-0.05, 0) is 37.0 Å². The molecule has 4 nitrogen and oxygen atoms in total. The molecule has 98 valence electrons. The van der Waals surface area contributed by atoms with Gasteiger partial charge in [0.1, 0.15) is 0 Å². The summed E-state index contributed by atoms with van der Waals surface area (Å²) in [5.74, 6) is 0.0907. The number of ether oxygens (including phenoxy) is 1. The third kappa shape index (κ3) is 4.04. The first-order chi connectivity index (χ1) is 8.74. The van der Waals surface area contributed by atoms with Gasteiger partial charge in [0.15, 0.2) is 0 Å². The molecule has 0 aromatic heterocycles. The predicted octanol–water partition coefficient (Wildman–Crippen LogP) is 1.50. The van der Waals surface area contributed by atoms with Gasteiger partial charge in [0.05, 0.1) is 12.6 Å². The monoisotopic (exact) mass is 248 g/mol. The average Bonchev–Trinajstić information content (AvgIpc) is 2.38. The molecule has 1 fully saturated rings. The fourth-order valence-electron chi connectivity index (χ4n) is 2.16. The highest BCUT2D eigenvalue weighted by Gasteiger charge is 2.15. The molecule has 1 heterocycles. The summed E-state index contributed by atoms with van der Waals surface area (Å²) in [6, 6.07) is 7.86. The topological polar surface area (TPSA) is 64.4 Å². The lowest BCUT2D eigenvalue weighted by atomic mass is 10.1. The quantitative estimate of drug-likeness (QED) is 0.794. The van der Waals surface area contributed by atoms with Crippen LogP contribution in [0.4, 0.5) is 5.69 Å². The van der Waals surface area contributed by atoms with Crippen molar-refractivity contribution in [2.24, 2.45) is 0 Å². The molecule has 2 rings (SSSR count). The zero-order valence-corrected chi connectivity index (χ0v) is 10.5. The van der Waals surface area contributed by atoms with Crippen LogP contribution in [0.25, 0.3) is 0 Å². The smallest absolute Gasteiger partial charge is 0.220 e. The van der Waals surface area contributed by atoms with Crippen LogP contribution in [0, 0.1) is 0 Å². The summed E-state index contributed by atoms with van der Waals surface area (Å²) >= 11 is 0. The lowest BCUT2D eigenvalue weighted by molar-refractivity contribution is -0.122. The number of anilines is 1. The first-order valence-corrected chi connectivity index (χ1v) is 6.45. The molecular weight excluding hydrogens is 228 g/mol. The number of hydrogen-bond acceptors (Lipinski definition) is 3. The fraction of sp³-hybridized carbons (Fsp3) is 0.500. The van der Waals surface area contributed by atoms with Crippen LogP contribution in [-0.4, -0.2) is 25.2 Å². The largest absolute Gasteiger partial charge is 0.399 e. The van der Waals surface area contributed by atoms with Crippen LogP contribution in [0.1, 0.15) is 24.8 Å². The van der Waals surface area contributed by atoms with Crippen LogP contribution in [0.5, 0.6) is 0 Å². The molecule has 1 aliphatic heterocycles. The zero-order valence-electron chi connectivity index (χ0n) is 10.5. The minimum Gasteiger partial charge on any atom is -0.399 e. The number of nitrogen functional groups attached to an aromatic ring is 1. The number of carbonyl (C=O) groups excluding carboxylic acids is 1. The molecule has 1 aliphatic rings. The second kappa shape index (κ2) is 6.40. The van der Waals surface area contributed by atoms with Gasteiger partial charge in [0.25, 0.3) is 0 Å². The van der Waals surface area contributed by atoms with E-state index in [9.17, 15) is 4.79 Å². The minimum atomic E-state index is 0.0907. The lowest BCUT2D eigenvalue weighted by Gasteiger charge is -2.23. The van der Waals surface area contributed by atoms with Gasteiger partial charge < -0.3 is 15.8 Å². The van der Waals surface area contributed by atoms with E-state index in [0.717, 1.165) is 37.1 Å². The van der Waals surface area contributed by atoms with E-state index in [-0.39, 0.29) is 11.9 Å². The van der Waals surface area contributed by atoms with Gasteiger partial charge >= 0.3 is 0 Å². The Morgan fingerprint density at radius 3 is 3.11 bits per heavy atom. The molecule has 1 unspecified atom stereocenters. The summed E-state index contributed by atoms with van der Waals surface area (Å²) in [5, 5.41) is 3.01. The van der Waals surface area contributed by atoms with Crippen molar-refractivity contribution in [3.05, 3.63) is 29.8 Å². The zero-order chi connectivity index (χ0) is 12.8. The molecule has 3 N–H and O–H groups in total. The summed E-state index contributed by atoms with van der Waals surface area (Å²) in [7, 11) is 0. The van der Waals surface area contributed by atoms with Crippen LogP contribution < -0.4 is 11.1 Å². The molecule has 4 heteroatoms. The van der Waals surface area contributed by atoms with E-state index in [1.807, 2.05) is 24.3 Å². The van der Waals surface area contributed by atoms with Crippen LogP contribution >= 0.6 is 0 Å². The van der Waals surface area contributed by atoms with Crippen molar-refractivity contribution in [3.63, 3.8) is 0 Å². The first-order valence-electron chi connectivity index (χ1n) is 6.45. The van der Waals surface area contributed by atoms with Crippen molar-refractivity contribution >= 4 is 11.6 Å². The standard InChI is InChI=1S/C14H20N2O2/c15-12-4-1-3-11(9-12)6-7-14(17)16-13-5-2-8-18-10-13/h1,3-4,9,13H,2,5-8,10,15H2,(H,16,17). The lowest BCUT2D eigenvalue weighted by Crippen LogP contribution is -2.40. The highest BCUT2D eigenvalue weighted by molar-refractivity contribution is 5.76. The van der Waals surface area contributed by atoms with Crippen molar-refractivity contribution in [1.29, 1.82) is 0 Å². The van der Waals surface area contributed by atoms with Crippen molar-refractivity contribution in [3.8, 4) is 0 Å². The van der Waals surface area contributed by atoms with E-state index < -0.39 is 0 Å². The second-order valence-electron chi connectivity index (χ2n) is 4.73. The third-order valence-corrected chi connectivity index (χ3v) is 3.12. The number of carbonyl (C=O) groups is 1. The number of aryl methyl sites for hydroxylation is 1. The maximum atomic E-state index is 11.8. The molecule has 1 aromatic rings. The number of rotatable bonds is 4. The normalized spacial score (nSPS) is 19.4. The molecule has 1 saturated heterocycles. The third-order valence-electron chi connectivity index (χ3n) is 3.12. The van der Waals surface area contributed by atoms with E-state index >= 15 is 0 Å². The highest BCUT2D eigenvalue weighted by Crippen LogP contribution is 2.10. The van der Waals surface area contributed by atoms with E-state index in [4.69, 9.17) is 10.5 Å². The summed E-state index contributed by atoms with van der Waals surface area (Å²) in [5.41, 5.74) is 7.54. The molecule has 18 heavy (non-hydrogen) atoms. The maximum Gasteiger partial charge on any atom is 0.220 e. The second-order valence-corrected chi connectivity index (χ2v) is 4.73. The van der Waals surface area contributed by atoms with Crippen LogP contribution in [-0.2, 0) is 16.0 Å². The Bertz CT molecular complexity index is 401. The predicted molar refractivity (Wildman–Crippen MR) is 71.2 cm³/mol. The number of nitrogens with one attached hydrogen (secondary N) is 1. The molecule has 0 spiro atoms. The van der Waals surface area contributed by atoms with Crippen molar-refractivity contribution in [2.45, 2.75) is 31.7 Å². The van der Waals surface area contributed by atoms with Gasteiger partial charge in [-0.2, -0.15) is 0 Å². The summed E-state index contributed by atoms with van der Waals surface area (Å²) in [6.07, 6.45) is 3.27. The Morgan fingerprint density at radius 1 is 1.50 bits per heavy atom. The highest BCUT2D eigenvalue weighted by atomic mass is 16.5. The molecular formula is C14H20N2O2. The molecule has 1 amide bonds. The average molecular weight is 248 g/mol. The van der Waals surface area contributed by atoms with E-state index in [1.54, 1.807) is 0 Å². The summed E-state index contributed by atoms with van der Waals surface area (Å²) < 4.78 is 5.33. The van der Waals surface area contributed by atoms with Crippen LogP contribution in [0.3, 0.4) is 0 Å². The minimum absolute atomic E-state index is 0.0907. The Hall–Kier alpha value is -1.55. The Balaban J connectivity index is 1.74. The van der Waals surface area contributed by atoms with E-state index in [2.05, 4.69) is 5.32 Å².